The number of aliphatic hydroxyl groups excluding tert-OH is 1. The molecule has 0 aliphatic heterocycles. The van der Waals surface area contributed by atoms with Crippen molar-refractivity contribution in [1.29, 1.82) is 0 Å². The summed E-state index contributed by atoms with van der Waals surface area (Å²) in [5.41, 5.74) is -0.186. The van der Waals surface area contributed by atoms with Crippen LogP contribution in [0.1, 0.15) is 64.7 Å². The van der Waals surface area contributed by atoms with E-state index >= 15 is 0 Å². The van der Waals surface area contributed by atoms with Gasteiger partial charge in [-0.05, 0) is 25.7 Å². The third kappa shape index (κ3) is 2.87. The lowest BCUT2D eigenvalue weighted by molar-refractivity contribution is -0.130. The molecule has 2 saturated carbocycles. The van der Waals surface area contributed by atoms with Crippen LogP contribution in [0.2, 0.25) is 0 Å². The van der Waals surface area contributed by atoms with Gasteiger partial charge in [-0.3, -0.25) is 4.79 Å². The van der Waals surface area contributed by atoms with Crippen molar-refractivity contribution in [2.24, 2.45) is 10.8 Å². The normalized spacial score (nSPS) is 25.9. The highest BCUT2D eigenvalue weighted by atomic mass is 16.3. The molecule has 0 radical (unpaired) electrons. The lowest BCUT2D eigenvalue weighted by Crippen LogP contribution is -2.45. The van der Waals surface area contributed by atoms with Gasteiger partial charge in [0.05, 0.1) is 6.61 Å². The third-order valence-corrected chi connectivity index (χ3v) is 5.13. The van der Waals surface area contributed by atoms with Crippen molar-refractivity contribution in [2.45, 2.75) is 64.7 Å². The first kappa shape index (κ1) is 13.9. The quantitative estimate of drug-likeness (QED) is 0.809. The maximum atomic E-state index is 12.3. The zero-order chi connectivity index (χ0) is 13.1. The van der Waals surface area contributed by atoms with Crippen LogP contribution >= 0.6 is 0 Å². The Morgan fingerprint density at radius 1 is 1.06 bits per heavy atom. The Labute approximate surface area is 110 Å². The van der Waals surface area contributed by atoms with Crippen LogP contribution in [0, 0.1) is 10.8 Å². The SMILES string of the molecule is CC1(C(=O)NCC2(CO)CCCCC2)CCCC1. The molecule has 3 heteroatoms. The molecular formula is C15H27NO2. The second kappa shape index (κ2) is 5.60. The molecule has 0 bridgehead atoms. The van der Waals surface area contributed by atoms with Gasteiger partial charge in [0, 0.05) is 17.4 Å². The van der Waals surface area contributed by atoms with E-state index in [4.69, 9.17) is 0 Å². The fourth-order valence-corrected chi connectivity index (χ4v) is 3.56. The Hall–Kier alpha value is -0.570. The van der Waals surface area contributed by atoms with Crippen molar-refractivity contribution in [1.82, 2.24) is 5.32 Å². The van der Waals surface area contributed by atoms with Gasteiger partial charge in [0.1, 0.15) is 0 Å². The van der Waals surface area contributed by atoms with E-state index in [1.807, 2.05) is 0 Å². The first-order valence-corrected chi connectivity index (χ1v) is 7.50. The van der Waals surface area contributed by atoms with Gasteiger partial charge in [-0.15, -0.1) is 0 Å². The summed E-state index contributed by atoms with van der Waals surface area (Å²) in [5.74, 6) is 0.207. The Balaban J connectivity index is 1.87. The Bertz CT molecular complexity index is 289. The van der Waals surface area contributed by atoms with Crippen molar-refractivity contribution in [3.05, 3.63) is 0 Å². The number of amides is 1. The van der Waals surface area contributed by atoms with Crippen molar-refractivity contribution in [2.75, 3.05) is 13.2 Å². The standard InChI is InChI=1S/C15H27NO2/c1-14(7-5-6-8-14)13(18)16-11-15(12-17)9-3-2-4-10-15/h17H,2-12H2,1H3,(H,16,18). The van der Waals surface area contributed by atoms with Gasteiger partial charge in [0.15, 0.2) is 0 Å². The zero-order valence-electron chi connectivity index (χ0n) is 11.6. The number of aliphatic hydroxyl groups is 1. The molecule has 0 atom stereocenters. The van der Waals surface area contributed by atoms with Gasteiger partial charge in [-0.25, -0.2) is 0 Å². The fraction of sp³-hybridized carbons (Fsp3) is 0.933. The van der Waals surface area contributed by atoms with Gasteiger partial charge >= 0.3 is 0 Å². The van der Waals surface area contributed by atoms with E-state index in [0.29, 0.717) is 6.54 Å². The average Bonchev–Trinajstić information content (AvgIpc) is 2.85. The third-order valence-electron chi connectivity index (χ3n) is 5.13. The predicted molar refractivity (Wildman–Crippen MR) is 72.2 cm³/mol. The monoisotopic (exact) mass is 253 g/mol. The van der Waals surface area contributed by atoms with Crippen LogP contribution in [0.3, 0.4) is 0 Å². The molecule has 2 N–H and O–H groups in total. The van der Waals surface area contributed by atoms with Crippen molar-refractivity contribution in [3.8, 4) is 0 Å². The van der Waals surface area contributed by atoms with Crippen molar-refractivity contribution in [3.63, 3.8) is 0 Å². The molecule has 2 rings (SSSR count). The highest BCUT2D eigenvalue weighted by molar-refractivity contribution is 5.82. The minimum Gasteiger partial charge on any atom is -0.396 e. The van der Waals surface area contributed by atoms with Crippen molar-refractivity contribution >= 4 is 5.91 Å². The lowest BCUT2D eigenvalue weighted by atomic mass is 9.74. The largest absolute Gasteiger partial charge is 0.396 e. The van der Waals surface area contributed by atoms with E-state index < -0.39 is 0 Å². The molecule has 0 saturated heterocycles. The van der Waals surface area contributed by atoms with Gasteiger partial charge in [0.2, 0.25) is 5.91 Å². The molecule has 2 aliphatic carbocycles. The van der Waals surface area contributed by atoms with Crippen LogP contribution in [-0.2, 0) is 4.79 Å². The molecule has 0 unspecified atom stereocenters. The second-order valence-corrected chi connectivity index (χ2v) is 6.67. The van der Waals surface area contributed by atoms with E-state index in [9.17, 15) is 9.90 Å². The summed E-state index contributed by atoms with van der Waals surface area (Å²) >= 11 is 0. The Morgan fingerprint density at radius 3 is 2.17 bits per heavy atom. The number of hydrogen-bond donors (Lipinski definition) is 2. The number of nitrogens with one attached hydrogen (secondary N) is 1. The van der Waals surface area contributed by atoms with Crippen molar-refractivity contribution < 1.29 is 9.90 Å². The lowest BCUT2D eigenvalue weighted by Gasteiger charge is -2.36. The number of carbonyl (C=O) groups excluding carboxylic acids is 1. The van der Waals surface area contributed by atoms with E-state index in [1.54, 1.807) is 0 Å². The van der Waals surface area contributed by atoms with E-state index in [0.717, 1.165) is 25.7 Å². The highest BCUT2D eigenvalue weighted by Crippen LogP contribution is 2.39. The smallest absolute Gasteiger partial charge is 0.225 e. The topological polar surface area (TPSA) is 49.3 Å². The molecule has 0 aromatic carbocycles. The van der Waals surface area contributed by atoms with Crippen LogP contribution in [0.4, 0.5) is 0 Å². The summed E-state index contributed by atoms with van der Waals surface area (Å²) in [5, 5.41) is 12.8. The molecule has 3 nitrogen and oxygen atoms in total. The first-order chi connectivity index (χ1) is 8.60. The highest BCUT2D eigenvalue weighted by Gasteiger charge is 2.38. The maximum absolute atomic E-state index is 12.3. The van der Waals surface area contributed by atoms with Gasteiger partial charge in [-0.2, -0.15) is 0 Å². The maximum Gasteiger partial charge on any atom is 0.225 e. The number of hydrogen-bond acceptors (Lipinski definition) is 2. The summed E-state index contributed by atoms with van der Waals surface area (Å²) in [6, 6.07) is 0. The Morgan fingerprint density at radius 2 is 1.61 bits per heavy atom. The van der Waals surface area contributed by atoms with Gasteiger partial charge in [0.25, 0.3) is 0 Å². The van der Waals surface area contributed by atoms with Crippen LogP contribution in [0.25, 0.3) is 0 Å². The number of carbonyl (C=O) groups is 1. The zero-order valence-corrected chi connectivity index (χ0v) is 11.6. The average molecular weight is 253 g/mol. The van der Waals surface area contributed by atoms with Gasteiger partial charge < -0.3 is 10.4 Å². The first-order valence-electron chi connectivity index (χ1n) is 7.50. The second-order valence-electron chi connectivity index (χ2n) is 6.67. The molecule has 2 aliphatic rings. The molecule has 0 aromatic heterocycles. The molecule has 2 fully saturated rings. The van der Waals surface area contributed by atoms with Gasteiger partial charge in [-0.1, -0.05) is 39.0 Å². The summed E-state index contributed by atoms with van der Waals surface area (Å²) < 4.78 is 0. The van der Waals surface area contributed by atoms with Crippen LogP contribution in [0.15, 0.2) is 0 Å². The van der Waals surface area contributed by atoms with E-state index in [1.165, 1.54) is 32.1 Å². The number of rotatable bonds is 4. The minimum atomic E-state index is -0.148. The van der Waals surface area contributed by atoms with Crippen LogP contribution < -0.4 is 5.32 Å². The molecule has 18 heavy (non-hydrogen) atoms. The Kier molecular flexibility index (Phi) is 4.31. The molecular weight excluding hydrogens is 226 g/mol. The van der Waals surface area contributed by atoms with E-state index in [2.05, 4.69) is 12.2 Å². The molecule has 0 aromatic rings. The van der Waals surface area contributed by atoms with E-state index in [-0.39, 0.29) is 23.3 Å². The summed E-state index contributed by atoms with van der Waals surface area (Å²) in [7, 11) is 0. The van der Waals surface area contributed by atoms with Crippen LogP contribution in [-0.4, -0.2) is 24.2 Å². The summed E-state index contributed by atoms with van der Waals surface area (Å²) in [6.45, 7) is 2.96. The summed E-state index contributed by atoms with van der Waals surface area (Å²) in [4.78, 5) is 12.3. The minimum absolute atomic E-state index is 0.0388. The molecule has 0 heterocycles. The molecule has 1 amide bonds. The summed E-state index contributed by atoms with van der Waals surface area (Å²) in [6.07, 6.45) is 10.1. The molecule has 0 spiro atoms. The fourth-order valence-electron chi connectivity index (χ4n) is 3.56. The molecule has 104 valence electrons. The predicted octanol–water partition coefficient (Wildman–Crippen LogP) is 2.63. The van der Waals surface area contributed by atoms with Crippen LogP contribution in [0.5, 0.6) is 0 Å².